The molecule has 6 nitrogen and oxygen atoms in total. The van der Waals surface area contributed by atoms with Gasteiger partial charge in [-0.15, -0.1) is 0 Å². The van der Waals surface area contributed by atoms with Crippen molar-refractivity contribution in [2.24, 2.45) is 0 Å². The summed E-state index contributed by atoms with van der Waals surface area (Å²) >= 11 is 16.2. The van der Waals surface area contributed by atoms with Crippen LogP contribution in [0.1, 0.15) is 6.92 Å². The van der Waals surface area contributed by atoms with E-state index < -0.39 is 32.7 Å². The van der Waals surface area contributed by atoms with Crippen molar-refractivity contribution in [1.82, 2.24) is 4.31 Å². The van der Waals surface area contributed by atoms with Crippen LogP contribution in [-0.4, -0.2) is 48.3 Å². The van der Waals surface area contributed by atoms with Crippen LogP contribution >= 0.6 is 34.8 Å². The molecule has 0 N–H and O–H groups in total. The maximum absolute atomic E-state index is 11.8. The first-order valence-corrected chi connectivity index (χ1v) is 7.59. The molecule has 1 rings (SSSR count). The van der Waals surface area contributed by atoms with Gasteiger partial charge in [-0.3, -0.25) is 4.18 Å². The number of methoxy groups -OCH3 is 1. The van der Waals surface area contributed by atoms with Crippen LogP contribution in [0.5, 0.6) is 0 Å². The second-order valence-electron chi connectivity index (χ2n) is 3.78. The summed E-state index contributed by atoms with van der Waals surface area (Å²) in [5, 5.41) is 0. The van der Waals surface area contributed by atoms with Crippen LogP contribution in [0.15, 0.2) is 12.2 Å². The van der Waals surface area contributed by atoms with Gasteiger partial charge in [-0.1, -0.05) is 40.9 Å². The van der Waals surface area contributed by atoms with Crippen LogP contribution in [0.4, 0.5) is 0 Å². The monoisotopic (exact) mass is 351 g/mol. The number of nitrogens with zero attached hydrogens (tertiary/aromatic N) is 1. The van der Waals surface area contributed by atoms with Gasteiger partial charge in [-0.05, 0) is 6.92 Å². The summed E-state index contributed by atoms with van der Waals surface area (Å²) < 4.78 is 31.7. The molecule has 0 radical (unpaired) electrons. The molecule has 0 saturated carbocycles. The quantitative estimate of drug-likeness (QED) is 0.324. The largest absolute Gasteiger partial charge is 0.466 e. The van der Waals surface area contributed by atoms with E-state index in [-0.39, 0.29) is 6.04 Å². The Balaban J connectivity index is 2.62. The lowest BCUT2D eigenvalue weighted by molar-refractivity contribution is -0.134. The third kappa shape index (κ3) is 5.09. The van der Waals surface area contributed by atoms with Crippen molar-refractivity contribution in [3.8, 4) is 0 Å². The fourth-order valence-electron chi connectivity index (χ4n) is 1.39. The molecule has 19 heavy (non-hydrogen) atoms. The van der Waals surface area contributed by atoms with Crippen molar-refractivity contribution >= 4 is 51.1 Å². The smallest absolute Gasteiger partial charge is 0.339 e. The molecular weight excluding hydrogens is 341 g/mol. The van der Waals surface area contributed by atoms with Gasteiger partial charge in [0, 0.05) is 12.1 Å². The van der Waals surface area contributed by atoms with Crippen LogP contribution < -0.4 is 0 Å². The fourth-order valence-corrected chi connectivity index (χ4v) is 3.22. The highest BCUT2D eigenvalue weighted by atomic mass is 35.6. The molecule has 10 heteroatoms. The summed E-state index contributed by atoms with van der Waals surface area (Å²) in [7, 11) is -2.77. The predicted molar refractivity (Wildman–Crippen MR) is 71.4 cm³/mol. The molecule has 0 aromatic heterocycles. The van der Waals surface area contributed by atoms with Crippen LogP contribution in [0.2, 0.25) is 0 Å². The third-order valence-corrected chi connectivity index (χ3v) is 4.20. The molecule has 1 aliphatic rings. The van der Waals surface area contributed by atoms with Gasteiger partial charge in [0.15, 0.2) is 0 Å². The Kier molecular flexibility index (Phi) is 5.51. The van der Waals surface area contributed by atoms with Crippen LogP contribution in [0.3, 0.4) is 0 Å². The van der Waals surface area contributed by atoms with E-state index in [4.69, 9.17) is 34.8 Å². The molecule has 0 bridgehead atoms. The van der Waals surface area contributed by atoms with Crippen molar-refractivity contribution in [2.45, 2.75) is 22.8 Å². The highest BCUT2D eigenvalue weighted by Crippen LogP contribution is 2.35. The van der Waals surface area contributed by atoms with E-state index in [1.165, 1.54) is 13.2 Å². The Hall–Kier alpha value is -0.0500. The number of rotatable bonds is 5. The number of esters is 1. The number of hydrogen-bond acceptors (Lipinski definition) is 5. The van der Waals surface area contributed by atoms with Gasteiger partial charge >= 0.3 is 16.3 Å². The second kappa shape index (κ2) is 6.15. The minimum absolute atomic E-state index is 0.332. The minimum Gasteiger partial charge on any atom is -0.466 e. The van der Waals surface area contributed by atoms with E-state index in [0.717, 1.165) is 10.4 Å². The average Bonchev–Trinajstić information content (AvgIpc) is 2.94. The SMILES string of the molecule is COC(=O)/C=C/C1C(C)N1S(=O)(=O)OCC(Cl)(Cl)Cl. The Labute approximate surface area is 126 Å². The number of ether oxygens (including phenoxy) is 1. The van der Waals surface area contributed by atoms with Gasteiger partial charge in [0.25, 0.3) is 0 Å². The summed E-state index contributed by atoms with van der Waals surface area (Å²) in [5.41, 5.74) is 0. The summed E-state index contributed by atoms with van der Waals surface area (Å²) in [5.74, 6) is -0.571. The third-order valence-electron chi connectivity index (χ3n) is 2.36. The lowest BCUT2D eigenvalue weighted by atomic mass is 10.3. The maximum atomic E-state index is 11.8. The second-order valence-corrected chi connectivity index (χ2v) is 7.81. The van der Waals surface area contributed by atoms with E-state index >= 15 is 0 Å². The molecule has 1 heterocycles. The molecule has 0 aliphatic carbocycles. The lowest BCUT2D eigenvalue weighted by Gasteiger charge is -2.11. The number of halogens is 3. The highest BCUT2D eigenvalue weighted by molar-refractivity contribution is 7.84. The van der Waals surface area contributed by atoms with Crippen molar-refractivity contribution in [1.29, 1.82) is 0 Å². The number of alkyl halides is 3. The highest BCUT2D eigenvalue weighted by Gasteiger charge is 2.52. The van der Waals surface area contributed by atoms with Crippen LogP contribution in [0, 0.1) is 0 Å². The molecule has 0 amide bonds. The molecule has 1 saturated heterocycles. The number of carbonyl (C=O) groups is 1. The Bertz CT molecular complexity index is 473. The van der Waals surface area contributed by atoms with Crippen molar-refractivity contribution in [2.75, 3.05) is 13.7 Å². The van der Waals surface area contributed by atoms with E-state index in [0.29, 0.717) is 0 Å². The summed E-state index contributed by atoms with van der Waals surface area (Å²) in [6.45, 7) is 1.07. The van der Waals surface area contributed by atoms with Gasteiger partial charge < -0.3 is 4.74 Å². The van der Waals surface area contributed by atoms with Crippen LogP contribution in [-0.2, 0) is 24.0 Å². The first-order valence-electron chi connectivity index (χ1n) is 5.09. The molecular formula is C9H12Cl3NO5S. The Morgan fingerprint density at radius 2 is 2.00 bits per heavy atom. The van der Waals surface area contributed by atoms with Crippen molar-refractivity contribution in [3.63, 3.8) is 0 Å². The normalized spacial score (nSPS) is 27.5. The summed E-state index contributed by atoms with van der Waals surface area (Å²) in [6.07, 6.45) is 2.55. The topological polar surface area (TPSA) is 72.7 Å². The predicted octanol–water partition coefficient (Wildman–Crippen LogP) is 1.42. The summed E-state index contributed by atoms with van der Waals surface area (Å²) in [4.78, 5) is 10.9. The summed E-state index contributed by atoms with van der Waals surface area (Å²) in [6, 6.07) is -0.805. The van der Waals surface area contributed by atoms with E-state index in [9.17, 15) is 13.2 Å². The van der Waals surface area contributed by atoms with Gasteiger partial charge in [-0.2, -0.15) is 12.7 Å². The average molecular weight is 353 g/mol. The molecule has 1 aliphatic heterocycles. The van der Waals surface area contributed by atoms with E-state index in [2.05, 4.69) is 8.92 Å². The zero-order chi connectivity index (χ0) is 14.8. The molecule has 110 valence electrons. The molecule has 0 aromatic carbocycles. The molecule has 0 aromatic rings. The molecule has 0 spiro atoms. The molecule has 3 unspecified atom stereocenters. The van der Waals surface area contributed by atoms with Gasteiger partial charge in [0.1, 0.15) is 6.61 Å². The minimum atomic E-state index is -4.00. The number of hydrogen-bond donors (Lipinski definition) is 0. The van der Waals surface area contributed by atoms with Crippen molar-refractivity contribution in [3.05, 3.63) is 12.2 Å². The van der Waals surface area contributed by atoms with Gasteiger partial charge in [-0.25, -0.2) is 4.79 Å². The Morgan fingerprint density at radius 3 is 2.47 bits per heavy atom. The standard InChI is InChI=1S/C9H12Cl3NO5S/c1-6-7(3-4-8(14)17-2)13(6)19(15,16)18-5-9(10,11)12/h3-4,6-7H,5H2,1-2H3/b4-3+. The zero-order valence-electron chi connectivity index (χ0n) is 10.0. The first-order chi connectivity index (χ1) is 8.58. The maximum Gasteiger partial charge on any atom is 0.339 e. The Morgan fingerprint density at radius 1 is 1.42 bits per heavy atom. The fraction of sp³-hybridized carbons (Fsp3) is 0.667. The lowest BCUT2D eigenvalue weighted by Crippen LogP contribution is -2.23. The van der Waals surface area contributed by atoms with E-state index in [1.807, 2.05) is 0 Å². The van der Waals surface area contributed by atoms with Crippen LogP contribution in [0.25, 0.3) is 0 Å². The molecule has 3 atom stereocenters. The van der Waals surface area contributed by atoms with E-state index in [1.54, 1.807) is 6.92 Å². The number of carbonyl (C=O) groups excluding carboxylic acids is 1. The van der Waals surface area contributed by atoms with Crippen molar-refractivity contribution < 1.29 is 22.1 Å². The van der Waals surface area contributed by atoms with Gasteiger partial charge in [0.2, 0.25) is 3.79 Å². The van der Waals surface area contributed by atoms with Gasteiger partial charge in [0.05, 0.1) is 13.2 Å². The first kappa shape index (κ1) is 17.0. The zero-order valence-corrected chi connectivity index (χ0v) is 13.1. The molecule has 1 fully saturated rings.